The summed E-state index contributed by atoms with van der Waals surface area (Å²) < 4.78 is 16.9. The lowest BCUT2D eigenvalue weighted by Crippen LogP contribution is -2.07. The number of benzene rings is 2. The van der Waals surface area contributed by atoms with E-state index in [9.17, 15) is 4.79 Å². The molecule has 0 aromatic heterocycles. The van der Waals surface area contributed by atoms with Gasteiger partial charge in [-0.3, -0.25) is 0 Å². The van der Waals surface area contributed by atoms with Crippen LogP contribution in [-0.4, -0.2) is 13.1 Å². The summed E-state index contributed by atoms with van der Waals surface area (Å²) in [4.78, 5) is 11.5. The first-order chi connectivity index (χ1) is 10.7. The number of ether oxygens (including phenoxy) is 3. The Kier molecular flexibility index (Phi) is 5.61. The highest BCUT2D eigenvalue weighted by Gasteiger charge is 2.18. The number of hydrogen-bond acceptors (Lipinski definition) is 4. The van der Waals surface area contributed by atoms with E-state index in [0.29, 0.717) is 22.6 Å². The number of methoxy groups -OCH3 is 1. The van der Waals surface area contributed by atoms with Gasteiger partial charge in [0.1, 0.15) is 6.61 Å². The molecule has 0 atom stereocenters. The van der Waals surface area contributed by atoms with Crippen LogP contribution in [-0.2, 0) is 11.4 Å². The number of carbonyl (C=O) groups is 1. The first-order valence-electron chi connectivity index (χ1n) is 6.53. The standard InChI is InChI=1S/C17H15BrO4/c1-3-15(19)22-16-13(18)9-10-14(20-2)17(16)21-11-12-7-5-4-6-8-12/h3-10H,1,11H2,2H3. The number of halogens is 1. The van der Waals surface area contributed by atoms with Crippen LogP contribution in [0, 0.1) is 0 Å². The van der Waals surface area contributed by atoms with E-state index in [2.05, 4.69) is 22.5 Å². The predicted octanol–water partition coefficient (Wildman–Crippen LogP) is 4.13. The highest BCUT2D eigenvalue weighted by molar-refractivity contribution is 9.10. The maximum absolute atomic E-state index is 11.5. The molecule has 0 spiro atoms. The molecule has 0 radical (unpaired) electrons. The van der Waals surface area contributed by atoms with Crippen molar-refractivity contribution in [2.24, 2.45) is 0 Å². The van der Waals surface area contributed by atoms with Gasteiger partial charge >= 0.3 is 5.97 Å². The summed E-state index contributed by atoms with van der Waals surface area (Å²) in [7, 11) is 1.53. The van der Waals surface area contributed by atoms with Crippen LogP contribution in [0.3, 0.4) is 0 Å². The molecule has 114 valence electrons. The fraction of sp³-hybridized carbons (Fsp3) is 0.118. The van der Waals surface area contributed by atoms with E-state index in [1.165, 1.54) is 7.11 Å². The minimum Gasteiger partial charge on any atom is -0.493 e. The van der Waals surface area contributed by atoms with Crippen LogP contribution in [0.5, 0.6) is 17.2 Å². The molecular weight excluding hydrogens is 348 g/mol. The van der Waals surface area contributed by atoms with Crippen molar-refractivity contribution in [3.63, 3.8) is 0 Å². The Labute approximate surface area is 137 Å². The van der Waals surface area contributed by atoms with Gasteiger partial charge in [0.05, 0.1) is 11.6 Å². The van der Waals surface area contributed by atoms with Crippen molar-refractivity contribution in [1.29, 1.82) is 0 Å². The highest BCUT2D eigenvalue weighted by Crippen LogP contribution is 2.43. The predicted molar refractivity (Wildman–Crippen MR) is 87.3 cm³/mol. The molecule has 0 aliphatic heterocycles. The summed E-state index contributed by atoms with van der Waals surface area (Å²) in [6.07, 6.45) is 1.09. The summed E-state index contributed by atoms with van der Waals surface area (Å²) in [5, 5.41) is 0. The smallest absolute Gasteiger partial charge is 0.335 e. The molecule has 0 unspecified atom stereocenters. The van der Waals surface area contributed by atoms with Gasteiger partial charge in [-0.1, -0.05) is 36.9 Å². The second-order valence-corrected chi connectivity index (χ2v) is 5.16. The minimum absolute atomic E-state index is 0.264. The Hall–Kier alpha value is -2.27. The minimum atomic E-state index is -0.571. The molecule has 0 saturated heterocycles. The summed E-state index contributed by atoms with van der Waals surface area (Å²) in [6.45, 7) is 3.72. The number of carbonyl (C=O) groups excluding carboxylic acids is 1. The molecule has 2 aromatic carbocycles. The second kappa shape index (κ2) is 7.66. The maximum Gasteiger partial charge on any atom is 0.335 e. The van der Waals surface area contributed by atoms with E-state index in [1.54, 1.807) is 12.1 Å². The fourth-order valence-corrected chi connectivity index (χ4v) is 2.18. The molecule has 0 N–H and O–H groups in total. The second-order valence-electron chi connectivity index (χ2n) is 4.31. The summed E-state index contributed by atoms with van der Waals surface area (Å²) in [6, 6.07) is 13.1. The van der Waals surface area contributed by atoms with E-state index in [-0.39, 0.29) is 5.75 Å². The third kappa shape index (κ3) is 3.89. The Balaban J connectivity index is 2.31. The third-order valence-corrected chi connectivity index (χ3v) is 3.47. The van der Waals surface area contributed by atoms with Crippen LogP contribution < -0.4 is 14.2 Å². The van der Waals surface area contributed by atoms with Gasteiger partial charge in [0, 0.05) is 6.08 Å². The third-order valence-electron chi connectivity index (χ3n) is 2.84. The van der Waals surface area contributed by atoms with Crippen molar-refractivity contribution in [3.05, 3.63) is 65.2 Å². The SMILES string of the molecule is C=CC(=O)Oc1c(Br)ccc(OC)c1OCc1ccccc1. The molecule has 0 aliphatic rings. The van der Waals surface area contributed by atoms with Gasteiger partial charge in [-0.2, -0.15) is 0 Å². The molecule has 2 rings (SSSR count). The molecule has 5 heteroatoms. The zero-order valence-corrected chi connectivity index (χ0v) is 13.6. The molecule has 0 bridgehead atoms. The lowest BCUT2D eigenvalue weighted by Gasteiger charge is -2.15. The van der Waals surface area contributed by atoms with Gasteiger partial charge in [-0.05, 0) is 33.6 Å². The first-order valence-corrected chi connectivity index (χ1v) is 7.32. The Morgan fingerprint density at radius 1 is 1.18 bits per heavy atom. The zero-order valence-electron chi connectivity index (χ0n) is 12.0. The Morgan fingerprint density at radius 2 is 1.91 bits per heavy atom. The molecule has 22 heavy (non-hydrogen) atoms. The average Bonchev–Trinajstić information content (AvgIpc) is 2.56. The van der Waals surface area contributed by atoms with Gasteiger partial charge < -0.3 is 14.2 Å². The van der Waals surface area contributed by atoms with E-state index in [1.807, 2.05) is 30.3 Å². The average molecular weight is 363 g/mol. The van der Waals surface area contributed by atoms with Crippen LogP contribution in [0.4, 0.5) is 0 Å². The number of rotatable bonds is 6. The van der Waals surface area contributed by atoms with Gasteiger partial charge in [0.25, 0.3) is 0 Å². The summed E-state index contributed by atoms with van der Waals surface area (Å²) >= 11 is 3.35. The topological polar surface area (TPSA) is 44.8 Å². The molecule has 0 heterocycles. The van der Waals surface area contributed by atoms with Crippen molar-refractivity contribution in [2.45, 2.75) is 6.61 Å². The van der Waals surface area contributed by atoms with Crippen LogP contribution in [0.1, 0.15) is 5.56 Å². The Bertz CT molecular complexity index is 668. The maximum atomic E-state index is 11.5. The van der Waals surface area contributed by atoms with Crippen LogP contribution in [0.15, 0.2) is 59.6 Å². The van der Waals surface area contributed by atoms with Crippen molar-refractivity contribution < 1.29 is 19.0 Å². The van der Waals surface area contributed by atoms with E-state index in [0.717, 1.165) is 11.6 Å². The van der Waals surface area contributed by atoms with Crippen molar-refractivity contribution in [3.8, 4) is 17.2 Å². The zero-order chi connectivity index (χ0) is 15.9. The molecule has 0 fully saturated rings. The molecular formula is C17H15BrO4. The molecule has 0 saturated carbocycles. The fourth-order valence-electron chi connectivity index (χ4n) is 1.79. The Morgan fingerprint density at radius 3 is 2.55 bits per heavy atom. The largest absolute Gasteiger partial charge is 0.493 e. The van der Waals surface area contributed by atoms with Crippen LogP contribution in [0.25, 0.3) is 0 Å². The van der Waals surface area contributed by atoms with Gasteiger partial charge in [0.15, 0.2) is 11.5 Å². The van der Waals surface area contributed by atoms with Crippen molar-refractivity contribution in [2.75, 3.05) is 7.11 Å². The van der Waals surface area contributed by atoms with Gasteiger partial charge in [-0.25, -0.2) is 4.79 Å². The quantitative estimate of drug-likeness (QED) is 0.440. The number of hydrogen-bond donors (Lipinski definition) is 0. The van der Waals surface area contributed by atoms with Crippen LogP contribution in [0.2, 0.25) is 0 Å². The van der Waals surface area contributed by atoms with Gasteiger partial charge in [-0.15, -0.1) is 0 Å². The number of esters is 1. The summed E-state index contributed by atoms with van der Waals surface area (Å²) in [5.41, 5.74) is 0.991. The van der Waals surface area contributed by atoms with Crippen molar-refractivity contribution >= 4 is 21.9 Å². The lowest BCUT2D eigenvalue weighted by atomic mass is 10.2. The lowest BCUT2D eigenvalue weighted by molar-refractivity contribution is -0.129. The van der Waals surface area contributed by atoms with E-state index in [4.69, 9.17) is 14.2 Å². The normalized spacial score (nSPS) is 9.91. The first kappa shape index (κ1) is 16.1. The van der Waals surface area contributed by atoms with Crippen LogP contribution >= 0.6 is 15.9 Å². The van der Waals surface area contributed by atoms with E-state index >= 15 is 0 Å². The molecule has 0 amide bonds. The van der Waals surface area contributed by atoms with E-state index < -0.39 is 5.97 Å². The molecule has 4 nitrogen and oxygen atoms in total. The van der Waals surface area contributed by atoms with Crippen molar-refractivity contribution in [1.82, 2.24) is 0 Å². The summed E-state index contributed by atoms with van der Waals surface area (Å²) in [5.74, 6) is 0.528. The molecule has 2 aromatic rings. The monoisotopic (exact) mass is 362 g/mol. The molecule has 0 aliphatic carbocycles. The highest BCUT2D eigenvalue weighted by atomic mass is 79.9. The van der Waals surface area contributed by atoms with Gasteiger partial charge in [0.2, 0.25) is 5.75 Å².